The van der Waals surface area contributed by atoms with Gasteiger partial charge in [-0.15, -0.1) is 0 Å². The molecule has 0 fully saturated rings. The van der Waals surface area contributed by atoms with Crippen molar-refractivity contribution in [1.29, 1.82) is 0 Å². The van der Waals surface area contributed by atoms with E-state index in [9.17, 15) is 9.59 Å². The van der Waals surface area contributed by atoms with E-state index in [1.165, 1.54) is 4.68 Å². The number of carbonyl (C=O) groups is 1. The molecule has 0 aliphatic carbocycles. The zero-order valence-electron chi connectivity index (χ0n) is 16.5. The van der Waals surface area contributed by atoms with E-state index in [1.807, 2.05) is 56.8 Å². The topological polar surface area (TPSA) is 82.3 Å². The Balaban J connectivity index is 1.71. The third-order valence-electron chi connectivity index (χ3n) is 4.76. The molecule has 3 heterocycles. The molecule has 4 rings (SSSR count). The molecule has 0 atom stereocenters. The van der Waals surface area contributed by atoms with E-state index in [0.717, 1.165) is 16.7 Å². The highest BCUT2D eigenvalue weighted by molar-refractivity contribution is 5.74. The highest BCUT2D eigenvalue weighted by Gasteiger charge is 2.30. The van der Waals surface area contributed by atoms with Gasteiger partial charge in [0, 0.05) is 25.7 Å². The lowest BCUT2D eigenvalue weighted by molar-refractivity contribution is 0.0222. The zero-order valence-corrected chi connectivity index (χ0v) is 16.5. The van der Waals surface area contributed by atoms with Crippen molar-refractivity contribution in [2.75, 3.05) is 6.54 Å². The minimum Gasteiger partial charge on any atom is -0.444 e. The molecule has 1 aliphatic rings. The summed E-state index contributed by atoms with van der Waals surface area (Å²) in [4.78, 5) is 36.1. The second-order valence-corrected chi connectivity index (χ2v) is 7.93. The number of amides is 1. The van der Waals surface area contributed by atoms with Gasteiger partial charge in [0.25, 0.3) is 5.56 Å². The highest BCUT2D eigenvalue weighted by atomic mass is 16.6. The number of nitrogens with zero attached hydrogens (tertiary/aromatic N) is 5. The molecule has 1 aliphatic heterocycles. The molecule has 146 valence electrons. The monoisotopic (exact) mass is 381 g/mol. The average Bonchev–Trinajstić information content (AvgIpc) is 2.90. The van der Waals surface area contributed by atoms with E-state index in [2.05, 4.69) is 9.97 Å². The van der Waals surface area contributed by atoms with Crippen LogP contribution in [0.2, 0.25) is 0 Å². The van der Waals surface area contributed by atoms with Crippen LogP contribution in [0.4, 0.5) is 4.79 Å². The fourth-order valence-corrected chi connectivity index (χ4v) is 3.48. The van der Waals surface area contributed by atoms with Crippen LogP contribution in [-0.4, -0.2) is 42.5 Å². The summed E-state index contributed by atoms with van der Waals surface area (Å²) in [6.45, 7) is 6.21. The lowest BCUT2D eigenvalue weighted by Crippen LogP contribution is -2.41. The predicted molar refractivity (Wildman–Crippen MR) is 104 cm³/mol. The summed E-state index contributed by atoms with van der Waals surface area (Å²) < 4.78 is 8.78. The SMILES string of the molecule is Cn1c2c(c(=O)n1-c1cnc3ccccc3n1)CN(C(=O)OC(C)(C)C)CC2. The maximum atomic E-state index is 13.1. The number of benzene rings is 1. The van der Waals surface area contributed by atoms with Gasteiger partial charge in [-0.1, -0.05) is 12.1 Å². The van der Waals surface area contributed by atoms with Gasteiger partial charge in [0.2, 0.25) is 0 Å². The van der Waals surface area contributed by atoms with Crippen LogP contribution in [0.15, 0.2) is 35.3 Å². The highest BCUT2D eigenvalue weighted by Crippen LogP contribution is 2.20. The van der Waals surface area contributed by atoms with Crippen LogP contribution in [0.1, 0.15) is 32.0 Å². The van der Waals surface area contributed by atoms with E-state index in [0.29, 0.717) is 24.3 Å². The summed E-state index contributed by atoms with van der Waals surface area (Å²) in [6.07, 6.45) is 1.77. The van der Waals surface area contributed by atoms with Gasteiger partial charge in [-0.05, 0) is 32.9 Å². The molecule has 0 saturated carbocycles. The van der Waals surface area contributed by atoms with E-state index in [1.54, 1.807) is 11.1 Å². The summed E-state index contributed by atoms with van der Waals surface area (Å²) in [5.74, 6) is 0.462. The van der Waals surface area contributed by atoms with E-state index >= 15 is 0 Å². The number of hydrogen-bond acceptors (Lipinski definition) is 5. The molecule has 0 N–H and O–H groups in total. The van der Waals surface area contributed by atoms with E-state index in [-0.39, 0.29) is 12.1 Å². The maximum Gasteiger partial charge on any atom is 0.410 e. The summed E-state index contributed by atoms with van der Waals surface area (Å²) in [6, 6.07) is 7.53. The van der Waals surface area contributed by atoms with E-state index < -0.39 is 11.7 Å². The molecule has 3 aromatic rings. The van der Waals surface area contributed by atoms with Gasteiger partial charge < -0.3 is 9.64 Å². The summed E-state index contributed by atoms with van der Waals surface area (Å²) >= 11 is 0. The number of ether oxygens (including phenoxy) is 1. The summed E-state index contributed by atoms with van der Waals surface area (Å²) in [7, 11) is 1.83. The molecule has 2 aromatic heterocycles. The lowest BCUT2D eigenvalue weighted by Gasteiger charge is -2.29. The smallest absolute Gasteiger partial charge is 0.410 e. The molecule has 8 nitrogen and oxygen atoms in total. The Morgan fingerprint density at radius 1 is 1.18 bits per heavy atom. The summed E-state index contributed by atoms with van der Waals surface area (Å²) in [5, 5.41) is 0. The number of aromatic nitrogens is 4. The third kappa shape index (κ3) is 3.15. The van der Waals surface area contributed by atoms with Gasteiger partial charge in [0.05, 0.1) is 29.3 Å². The number of hydrogen-bond donors (Lipinski definition) is 0. The standard InChI is InChI=1S/C20H23N5O3/c1-20(2,3)28-19(27)24-10-9-16-13(12-24)18(26)25(23(16)4)17-11-21-14-7-5-6-8-15(14)22-17/h5-8,11H,9-10,12H2,1-4H3. The van der Waals surface area contributed by atoms with Crippen molar-refractivity contribution < 1.29 is 9.53 Å². The van der Waals surface area contributed by atoms with Crippen molar-refractivity contribution in [1.82, 2.24) is 24.2 Å². The molecule has 1 aromatic carbocycles. The molecule has 28 heavy (non-hydrogen) atoms. The van der Waals surface area contributed by atoms with Crippen LogP contribution in [0.5, 0.6) is 0 Å². The van der Waals surface area contributed by atoms with Gasteiger partial charge in [-0.25, -0.2) is 9.78 Å². The van der Waals surface area contributed by atoms with Crippen LogP contribution in [0, 0.1) is 0 Å². The van der Waals surface area contributed by atoms with Gasteiger partial charge >= 0.3 is 6.09 Å². The normalized spacial score (nSPS) is 14.2. The van der Waals surface area contributed by atoms with E-state index in [4.69, 9.17) is 4.74 Å². The quantitative estimate of drug-likeness (QED) is 0.646. The largest absolute Gasteiger partial charge is 0.444 e. The van der Waals surface area contributed by atoms with Gasteiger partial charge in [0.15, 0.2) is 5.82 Å². The molecule has 8 heteroatoms. The molecule has 0 spiro atoms. The van der Waals surface area contributed by atoms with Gasteiger partial charge in [0.1, 0.15) is 5.60 Å². The Kier molecular flexibility index (Phi) is 4.21. The van der Waals surface area contributed by atoms with Crippen LogP contribution >= 0.6 is 0 Å². The lowest BCUT2D eigenvalue weighted by atomic mass is 10.1. The van der Waals surface area contributed by atoms with Crippen LogP contribution in [0.25, 0.3) is 16.9 Å². The Hall–Kier alpha value is -3.16. The van der Waals surface area contributed by atoms with Crippen molar-refractivity contribution in [2.45, 2.75) is 39.3 Å². The minimum atomic E-state index is -0.574. The number of rotatable bonds is 1. The minimum absolute atomic E-state index is 0.185. The first-order valence-electron chi connectivity index (χ1n) is 9.24. The molecule has 0 saturated heterocycles. The molecule has 0 radical (unpaired) electrons. The number of fused-ring (bicyclic) bond motifs is 2. The van der Waals surface area contributed by atoms with Gasteiger partial charge in [-0.2, -0.15) is 4.68 Å². The Morgan fingerprint density at radius 2 is 1.89 bits per heavy atom. The maximum absolute atomic E-state index is 13.1. The first kappa shape index (κ1) is 18.2. The second-order valence-electron chi connectivity index (χ2n) is 7.93. The Bertz CT molecular complexity index is 1120. The number of carbonyl (C=O) groups excluding carboxylic acids is 1. The molecule has 1 amide bonds. The zero-order chi connectivity index (χ0) is 20.1. The van der Waals surface area contributed by atoms with Gasteiger partial charge in [-0.3, -0.25) is 14.5 Å². The Labute approximate surface area is 162 Å². The third-order valence-corrected chi connectivity index (χ3v) is 4.76. The fraction of sp³-hybridized carbons (Fsp3) is 0.400. The summed E-state index contributed by atoms with van der Waals surface area (Å²) in [5.41, 5.74) is 2.23. The second kappa shape index (κ2) is 6.47. The average molecular weight is 381 g/mol. The Morgan fingerprint density at radius 3 is 2.61 bits per heavy atom. The first-order chi connectivity index (χ1) is 13.2. The van der Waals surface area contributed by atoms with Crippen molar-refractivity contribution >= 4 is 17.1 Å². The van der Waals surface area contributed by atoms with Crippen molar-refractivity contribution in [3.63, 3.8) is 0 Å². The first-order valence-corrected chi connectivity index (χ1v) is 9.24. The molecular formula is C20H23N5O3. The molecule has 0 unspecified atom stereocenters. The van der Waals surface area contributed by atoms with Crippen molar-refractivity contribution in [3.05, 3.63) is 52.1 Å². The van der Waals surface area contributed by atoms with Crippen LogP contribution < -0.4 is 5.56 Å². The van der Waals surface area contributed by atoms with Crippen molar-refractivity contribution in [2.24, 2.45) is 7.05 Å². The van der Waals surface area contributed by atoms with Crippen LogP contribution in [0.3, 0.4) is 0 Å². The van der Waals surface area contributed by atoms with Crippen molar-refractivity contribution in [3.8, 4) is 5.82 Å². The number of para-hydroxylation sites is 2. The van der Waals surface area contributed by atoms with Crippen LogP contribution in [-0.2, 0) is 24.8 Å². The fourth-order valence-electron chi connectivity index (χ4n) is 3.48. The predicted octanol–water partition coefficient (Wildman–Crippen LogP) is 2.41. The molecule has 0 bridgehead atoms. The molecular weight excluding hydrogens is 358 g/mol.